The highest BCUT2D eigenvalue weighted by molar-refractivity contribution is 7.12. The van der Waals surface area contributed by atoms with Crippen LogP contribution in [0.4, 0.5) is 16.5 Å². The van der Waals surface area contributed by atoms with Crippen LogP contribution in [0, 0.1) is 0 Å². The number of anilines is 1. The van der Waals surface area contributed by atoms with E-state index in [0.29, 0.717) is 0 Å². The Hall–Kier alpha value is -1.95. The molecule has 0 fully saturated rings. The standard InChI is InChI=1S/C15H21N4OS/c1-5-19(6-2)12-7-8-13(14(11-12)20-4)16-17-15-18(3)9-10-21-15/h7-11H,5-6H2,1-4H3/q+1. The molecule has 0 N–H and O–H groups in total. The largest absolute Gasteiger partial charge is 0.494 e. The number of aromatic nitrogens is 1. The molecule has 0 bridgehead atoms. The van der Waals surface area contributed by atoms with Crippen LogP contribution in [-0.4, -0.2) is 20.2 Å². The third kappa shape index (κ3) is 3.58. The maximum absolute atomic E-state index is 5.44. The van der Waals surface area contributed by atoms with Gasteiger partial charge in [0.25, 0.3) is 0 Å². The lowest BCUT2D eigenvalue weighted by molar-refractivity contribution is -0.654. The molecule has 6 heteroatoms. The van der Waals surface area contributed by atoms with Gasteiger partial charge in [0.1, 0.15) is 6.20 Å². The van der Waals surface area contributed by atoms with Crippen LogP contribution in [0.15, 0.2) is 40.0 Å². The minimum absolute atomic E-state index is 0.738. The molecule has 0 atom stereocenters. The van der Waals surface area contributed by atoms with E-state index in [1.807, 2.05) is 35.3 Å². The zero-order valence-electron chi connectivity index (χ0n) is 12.9. The van der Waals surface area contributed by atoms with E-state index in [0.717, 1.165) is 35.3 Å². The van der Waals surface area contributed by atoms with Gasteiger partial charge < -0.3 is 9.64 Å². The summed E-state index contributed by atoms with van der Waals surface area (Å²) < 4.78 is 7.38. The van der Waals surface area contributed by atoms with Gasteiger partial charge in [-0.05, 0) is 42.4 Å². The summed E-state index contributed by atoms with van der Waals surface area (Å²) in [6.07, 6.45) is 1.96. The van der Waals surface area contributed by atoms with Gasteiger partial charge in [-0.2, -0.15) is 0 Å². The summed E-state index contributed by atoms with van der Waals surface area (Å²) >= 11 is 1.55. The second-order valence-electron chi connectivity index (χ2n) is 4.52. The van der Waals surface area contributed by atoms with Gasteiger partial charge in [-0.15, -0.1) is 0 Å². The third-order valence-corrected chi connectivity index (χ3v) is 4.13. The van der Waals surface area contributed by atoms with E-state index in [-0.39, 0.29) is 0 Å². The molecule has 0 aliphatic rings. The zero-order valence-corrected chi connectivity index (χ0v) is 13.7. The minimum Gasteiger partial charge on any atom is -0.494 e. The van der Waals surface area contributed by atoms with E-state index in [4.69, 9.17) is 4.74 Å². The molecular weight excluding hydrogens is 284 g/mol. The molecule has 0 saturated carbocycles. The molecule has 21 heavy (non-hydrogen) atoms. The number of benzene rings is 1. The molecule has 2 rings (SSSR count). The molecule has 1 aromatic carbocycles. The number of hydrogen-bond acceptors (Lipinski definition) is 5. The lowest BCUT2D eigenvalue weighted by Crippen LogP contribution is -2.23. The first-order chi connectivity index (χ1) is 10.2. The molecule has 0 radical (unpaired) electrons. The molecule has 0 aliphatic carbocycles. The molecule has 0 amide bonds. The van der Waals surface area contributed by atoms with Gasteiger partial charge in [-0.1, -0.05) is 0 Å². The zero-order chi connectivity index (χ0) is 15.2. The predicted molar refractivity (Wildman–Crippen MR) is 86.2 cm³/mol. The topological polar surface area (TPSA) is 41.1 Å². The van der Waals surface area contributed by atoms with Crippen LogP contribution in [0.2, 0.25) is 0 Å². The second kappa shape index (κ2) is 7.17. The van der Waals surface area contributed by atoms with Crippen LogP contribution >= 0.6 is 11.3 Å². The first-order valence-electron chi connectivity index (χ1n) is 6.97. The number of rotatable bonds is 6. The molecule has 1 heterocycles. The summed E-state index contributed by atoms with van der Waals surface area (Å²) in [5.41, 5.74) is 1.87. The van der Waals surface area contributed by atoms with E-state index in [9.17, 15) is 0 Å². The number of azo groups is 1. The average Bonchev–Trinajstić information content (AvgIpc) is 2.92. The number of hydrogen-bond donors (Lipinski definition) is 0. The quantitative estimate of drug-likeness (QED) is 0.601. The first kappa shape index (κ1) is 15.4. The highest BCUT2D eigenvalue weighted by atomic mass is 32.1. The van der Waals surface area contributed by atoms with Crippen LogP contribution in [0.5, 0.6) is 5.75 Å². The molecule has 1 aromatic heterocycles. The van der Waals surface area contributed by atoms with Crippen molar-refractivity contribution in [2.75, 3.05) is 25.1 Å². The minimum atomic E-state index is 0.738. The van der Waals surface area contributed by atoms with Crippen LogP contribution in [-0.2, 0) is 7.05 Å². The van der Waals surface area contributed by atoms with E-state index in [1.54, 1.807) is 18.4 Å². The summed E-state index contributed by atoms with van der Waals surface area (Å²) in [5.74, 6) is 0.738. The van der Waals surface area contributed by atoms with Crippen molar-refractivity contribution in [3.05, 3.63) is 29.8 Å². The lowest BCUT2D eigenvalue weighted by atomic mass is 10.2. The van der Waals surface area contributed by atoms with Crippen molar-refractivity contribution >= 4 is 27.8 Å². The molecule has 0 unspecified atom stereocenters. The third-order valence-electron chi connectivity index (χ3n) is 3.29. The Bertz CT molecular complexity index is 620. The summed E-state index contributed by atoms with van der Waals surface area (Å²) in [6, 6.07) is 6.01. The molecular formula is C15H21N4OS+. The first-order valence-corrected chi connectivity index (χ1v) is 7.85. The summed E-state index contributed by atoms with van der Waals surface area (Å²) in [4.78, 5) is 2.27. The van der Waals surface area contributed by atoms with Crippen LogP contribution in [0.1, 0.15) is 13.8 Å². The van der Waals surface area contributed by atoms with Gasteiger partial charge >= 0.3 is 5.13 Å². The number of thiazole rings is 1. The van der Waals surface area contributed by atoms with E-state index < -0.39 is 0 Å². The Morgan fingerprint density at radius 3 is 2.57 bits per heavy atom. The molecule has 0 saturated heterocycles. The predicted octanol–water partition coefficient (Wildman–Crippen LogP) is 3.84. The van der Waals surface area contributed by atoms with Gasteiger partial charge in [-0.3, -0.25) is 0 Å². The van der Waals surface area contributed by atoms with Gasteiger partial charge in [0.15, 0.2) is 11.4 Å². The fraction of sp³-hybridized carbons (Fsp3) is 0.400. The maximum Gasteiger partial charge on any atom is 0.408 e. The molecule has 2 aromatic rings. The van der Waals surface area contributed by atoms with Crippen molar-refractivity contribution in [1.29, 1.82) is 0 Å². The van der Waals surface area contributed by atoms with E-state index >= 15 is 0 Å². The SMILES string of the molecule is CCN(CC)c1ccc(N=Nc2scc[n+]2C)c(OC)c1. The Labute approximate surface area is 129 Å². The molecule has 112 valence electrons. The Balaban J connectivity index is 2.28. The van der Waals surface area contributed by atoms with Crippen molar-refractivity contribution in [2.45, 2.75) is 13.8 Å². The van der Waals surface area contributed by atoms with Crippen molar-refractivity contribution in [3.63, 3.8) is 0 Å². The normalized spacial score (nSPS) is 11.0. The Morgan fingerprint density at radius 2 is 2.00 bits per heavy atom. The van der Waals surface area contributed by atoms with E-state index in [2.05, 4.69) is 35.0 Å². The number of ether oxygens (including phenoxy) is 1. The lowest BCUT2D eigenvalue weighted by Gasteiger charge is -2.21. The van der Waals surface area contributed by atoms with Crippen LogP contribution in [0.25, 0.3) is 0 Å². The Kier molecular flexibility index (Phi) is 5.27. The Morgan fingerprint density at radius 1 is 1.24 bits per heavy atom. The van der Waals surface area contributed by atoms with Gasteiger partial charge in [-0.25, -0.2) is 4.57 Å². The van der Waals surface area contributed by atoms with Crippen LogP contribution < -0.4 is 14.2 Å². The summed E-state index contributed by atoms with van der Waals surface area (Å²) in [6.45, 7) is 6.21. The fourth-order valence-electron chi connectivity index (χ4n) is 2.05. The monoisotopic (exact) mass is 305 g/mol. The smallest absolute Gasteiger partial charge is 0.408 e. The van der Waals surface area contributed by atoms with Crippen molar-refractivity contribution in [3.8, 4) is 5.75 Å². The van der Waals surface area contributed by atoms with Crippen LogP contribution in [0.3, 0.4) is 0 Å². The van der Waals surface area contributed by atoms with Crippen molar-refractivity contribution in [1.82, 2.24) is 0 Å². The molecule has 0 spiro atoms. The highest BCUT2D eigenvalue weighted by Crippen LogP contribution is 2.33. The van der Waals surface area contributed by atoms with Gasteiger partial charge in [0.2, 0.25) is 0 Å². The number of methoxy groups -OCH3 is 1. The molecule has 5 nitrogen and oxygen atoms in total. The van der Waals surface area contributed by atoms with Gasteiger partial charge in [0, 0.05) is 30.2 Å². The maximum atomic E-state index is 5.44. The van der Waals surface area contributed by atoms with Crippen molar-refractivity contribution in [2.24, 2.45) is 17.3 Å². The second-order valence-corrected chi connectivity index (χ2v) is 5.40. The highest BCUT2D eigenvalue weighted by Gasteiger charge is 2.11. The summed E-state index contributed by atoms with van der Waals surface area (Å²) in [5, 5.41) is 11.4. The number of nitrogens with zero attached hydrogens (tertiary/aromatic N) is 4. The fourth-order valence-corrected chi connectivity index (χ4v) is 2.73. The van der Waals surface area contributed by atoms with E-state index in [1.165, 1.54) is 0 Å². The van der Waals surface area contributed by atoms with Gasteiger partial charge in [0.05, 0.1) is 19.3 Å². The summed E-state index contributed by atoms with van der Waals surface area (Å²) in [7, 11) is 3.61. The van der Waals surface area contributed by atoms with Crippen molar-refractivity contribution < 1.29 is 9.30 Å². The average molecular weight is 305 g/mol. The molecule has 0 aliphatic heterocycles. The number of aryl methyl sites for hydroxylation is 1.